The number of thiazole rings is 1. The highest BCUT2D eigenvalue weighted by atomic mass is 32.1. The van der Waals surface area contributed by atoms with Crippen LogP contribution in [0, 0.1) is 6.92 Å². The van der Waals surface area contributed by atoms with Crippen LogP contribution in [0.4, 0.5) is 5.13 Å². The molecule has 19 heavy (non-hydrogen) atoms. The second-order valence-corrected chi connectivity index (χ2v) is 6.01. The van der Waals surface area contributed by atoms with Crippen molar-refractivity contribution in [2.24, 2.45) is 0 Å². The Hall–Kier alpha value is -1.40. The predicted molar refractivity (Wildman–Crippen MR) is 79.2 cm³/mol. The van der Waals surface area contributed by atoms with E-state index in [4.69, 9.17) is 4.74 Å². The summed E-state index contributed by atoms with van der Waals surface area (Å²) in [5, 5.41) is 2.93. The summed E-state index contributed by atoms with van der Waals surface area (Å²) >= 11 is 3.12. The molecule has 0 bridgehead atoms. The summed E-state index contributed by atoms with van der Waals surface area (Å²) in [6, 6.07) is 4.15. The van der Waals surface area contributed by atoms with Crippen molar-refractivity contribution in [1.82, 2.24) is 4.98 Å². The third-order valence-electron chi connectivity index (χ3n) is 2.74. The van der Waals surface area contributed by atoms with Gasteiger partial charge in [-0.15, -0.1) is 11.3 Å². The molecule has 102 valence electrons. The van der Waals surface area contributed by atoms with Crippen LogP contribution in [0.3, 0.4) is 0 Å². The molecule has 0 N–H and O–H groups in total. The van der Waals surface area contributed by atoms with E-state index in [0.717, 1.165) is 23.9 Å². The minimum absolute atomic E-state index is 0.312. The van der Waals surface area contributed by atoms with Crippen LogP contribution in [0.5, 0.6) is 0 Å². The van der Waals surface area contributed by atoms with E-state index in [0.29, 0.717) is 4.88 Å². The summed E-state index contributed by atoms with van der Waals surface area (Å²) in [7, 11) is 1.39. The molecular weight excluding hydrogens is 280 g/mol. The Morgan fingerprint density at radius 2 is 2.32 bits per heavy atom. The second kappa shape index (κ2) is 6.16. The van der Waals surface area contributed by atoms with Crippen molar-refractivity contribution in [1.29, 1.82) is 0 Å². The highest BCUT2D eigenvalue weighted by Crippen LogP contribution is 2.28. The van der Waals surface area contributed by atoms with Gasteiger partial charge in [0.15, 0.2) is 5.13 Å². The number of ether oxygens (including phenoxy) is 1. The quantitative estimate of drug-likeness (QED) is 0.794. The first-order chi connectivity index (χ1) is 9.15. The van der Waals surface area contributed by atoms with E-state index in [2.05, 4.69) is 28.3 Å². The SMILES string of the molecule is CCN(Cc1cccs1)c1nc(C)c(C(=O)OC)s1. The molecule has 4 nitrogen and oxygen atoms in total. The van der Waals surface area contributed by atoms with E-state index in [-0.39, 0.29) is 5.97 Å². The summed E-state index contributed by atoms with van der Waals surface area (Å²) in [4.78, 5) is 20.1. The molecule has 0 saturated heterocycles. The molecule has 0 aliphatic carbocycles. The van der Waals surface area contributed by atoms with Gasteiger partial charge in [-0.1, -0.05) is 17.4 Å². The number of carbonyl (C=O) groups is 1. The molecule has 2 rings (SSSR count). The van der Waals surface area contributed by atoms with Gasteiger partial charge in [0.05, 0.1) is 19.3 Å². The Morgan fingerprint density at radius 3 is 2.89 bits per heavy atom. The molecule has 0 aromatic carbocycles. The fourth-order valence-electron chi connectivity index (χ4n) is 1.70. The zero-order valence-corrected chi connectivity index (χ0v) is 12.8. The Morgan fingerprint density at radius 1 is 1.53 bits per heavy atom. The first-order valence-electron chi connectivity index (χ1n) is 5.98. The molecule has 0 aliphatic heterocycles. The molecule has 0 amide bonds. The van der Waals surface area contributed by atoms with E-state index in [1.165, 1.54) is 23.3 Å². The van der Waals surface area contributed by atoms with Gasteiger partial charge < -0.3 is 9.64 Å². The first kappa shape index (κ1) is 14.0. The molecule has 0 unspecified atom stereocenters. The van der Waals surface area contributed by atoms with Crippen LogP contribution >= 0.6 is 22.7 Å². The standard InChI is InChI=1S/C13H16N2O2S2/c1-4-15(8-10-6-5-7-18-10)13-14-9(2)11(19-13)12(16)17-3/h5-7H,4,8H2,1-3H3. The predicted octanol–water partition coefficient (Wildman–Crippen LogP) is 3.33. The van der Waals surface area contributed by atoms with E-state index in [1.807, 2.05) is 13.0 Å². The van der Waals surface area contributed by atoms with Crippen LogP contribution in [0.15, 0.2) is 17.5 Å². The average Bonchev–Trinajstić information content (AvgIpc) is 3.04. The smallest absolute Gasteiger partial charge is 0.350 e. The van der Waals surface area contributed by atoms with E-state index >= 15 is 0 Å². The zero-order chi connectivity index (χ0) is 13.8. The Labute approximate surface area is 120 Å². The largest absolute Gasteiger partial charge is 0.465 e. The van der Waals surface area contributed by atoms with E-state index in [9.17, 15) is 4.79 Å². The molecule has 0 spiro atoms. The summed E-state index contributed by atoms with van der Waals surface area (Å²) in [6.45, 7) is 5.60. The van der Waals surface area contributed by atoms with Gasteiger partial charge in [-0.05, 0) is 25.3 Å². The fourth-order valence-corrected chi connectivity index (χ4v) is 3.47. The number of hydrogen-bond acceptors (Lipinski definition) is 6. The maximum Gasteiger partial charge on any atom is 0.350 e. The van der Waals surface area contributed by atoms with Crippen molar-refractivity contribution in [2.45, 2.75) is 20.4 Å². The van der Waals surface area contributed by atoms with Gasteiger partial charge in [-0.25, -0.2) is 9.78 Å². The average molecular weight is 296 g/mol. The van der Waals surface area contributed by atoms with E-state index in [1.54, 1.807) is 11.3 Å². The van der Waals surface area contributed by atoms with Gasteiger partial charge in [-0.3, -0.25) is 0 Å². The third kappa shape index (κ3) is 3.13. The van der Waals surface area contributed by atoms with Crippen molar-refractivity contribution < 1.29 is 9.53 Å². The van der Waals surface area contributed by atoms with Crippen LogP contribution in [-0.4, -0.2) is 24.6 Å². The summed E-state index contributed by atoms with van der Waals surface area (Å²) in [5.41, 5.74) is 0.733. The maximum atomic E-state index is 11.6. The van der Waals surface area contributed by atoms with Gasteiger partial charge >= 0.3 is 5.97 Å². The normalized spacial score (nSPS) is 10.5. The molecule has 0 aliphatic rings. The van der Waals surface area contributed by atoms with Gasteiger partial charge in [-0.2, -0.15) is 0 Å². The van der Waals surface area contributed by atoms with Crippen LogP contribution in [-0.2, 0) is 11.3 Å². The number of aromatic nitrogens is 1. The second-order valence-electron chi connectivity index (χ2n) is 4.00. The lowest BCUT2D eigenvalue weighted by Crippen LogP contribution is -2.21. The number of anilines is 1. The Kier molecular flexibility index (Phi) is 4.55. The molecule has 2 heterocycles. The topological polar surface area (TPSA) is 42.4 Å². The number of hydrogen-bond donors (Lipinski definition) is 0. The highest BCUT2D eigenvalue weighted by Gasteiger charge is 2.18. The summed E-state index contributed by atoms with van der Waals surface area (Å²) in [5.74, 6) is -0.312. The number of rotatable bonds is 5. The number of aryl methyl sites for hydroxylation is 1. The van der Waals surface area contributed by atoms with E-state index < -0.39 is 0 Å². The van der Waals surface area contributed by atoms with Crippen molar-refractivity contribution in [3.05, 3.63) is 33.0 Å². The number of methoxy groups -OCH3 is 1. The van der Waals surface area contributed by atoms with Crippen LogP contribution in [0.1, 0.15) is 27.2 Å². The first-order valence-corrected chi connectivity index (χ1v) is 7.68. The van der Waals surface area contributed by atoms with Crippen molar-refractivity contribution in [3.63, 3.8) is 0 Å². The molecule has 0 fully saturated rings. The Balaban J connectivity index is 2.21. The van der Waals surface area contributed by atoms with Crippen LogP contribution in [0.2, 0.25) is 0 Å². The molecule has 6 heteroatoms. The number of carbonyl (C=O) groups excluding carboxylic acids is 1. The molecule has 0 radical (unpaired) electrons. The van der Waals surface area contributed by atoms with Gasteiger partial charge in [0, 0.05) is 11.4 Å². The maximum absolute atomic E-state index is 11.6. The lowest BCUT2D eigenvalue weighted by Gasteiger charge is -2.18. The lowest BCUT2D eigenvalue weighted by molar-refractivity contribution is 0.0605. The minimum atomic E-state index is -0.312. The van der Waals surface area contributed by atoms with Gasteiger partial charge in [0.25, 0.3) is 0 Å². The molecule has 0 saturated carbocycles. The monoisotopic (exact) mass is 296 g/mol. The molecular formula is C13H16N2O2S2. The molecule has 2 aromatic heterocycles. The van der Waals surface area contributed by atoms with Gasteiger partial charge in [0.2, 0.25) is 0 Å². The van der Waals surface area contributed by atoms with Crippen LogP contribution < -0.4 is 4.90 Å². The number of nitrogens with zero attached hydrogens (tertiary/aromatic N) is 2. The van der Waals surface area contributed by atoms with Crippen LogP contribution in [0.25, 0.3) is 0 Å². The number of thiophene rings is 1. The van der Waals surface area contributed by atoms with Crippen molar-refractivity contribution in [2.75, 3.05) is 18.6 Å². The zero-order valence-electron chi connectivity index (χ0n) is 11.2. The number of esters is 1. The fraction of sp³-hybridized carbons (Fsp3) is 0.385. The third-order valence-corrected chi connectivity index (χ3v) is 4.79. The molecule has 0 atom stereocenters. The summed E-state index contributed by atoms with van der Waals surface area (Å²) < 4.78 is 4.76. The Bertz CT molecular complexity index is 549. The highest BCUT2D eigenvalue weighted by molar-refractivity contribution is 7.17. The van der Waals surface area contributed by atoms with Crippen molar-refractivity contribution >= 4 is 33.8 Å². The van der Waals surface area contributed by atoms with Crippen molar-refractivity contribution in [3.8, 4) is 0 Å². The molecule has 2 aromatic rings. The summed E-state index contributed by atoms with van der Waals surface area (Å²) in [6.07, 6.45) is 0. The van der Waals surface area contributed by atoms with Gasteiger partial charge in [0.1, 0.15) is 4.88 Å². The lowest BCUT2D eigenvalue weighted by atomic mass is 10.4. The minimum Gasteiger partial charge on any atom is -0.465 e.